The maximum atomic E-state index is 9.22. The van der Waals surface area contributed by atoms with Gasteiger partial charge in [0, 0.05) is 6.07 Å². The molecule has 1 heterocycles. The average Bonchev–Trinajstić information content (AvgIpc) is 2.61. The molecule has 0 aliphatic rings. The summed E-state index contributed by atoms with van der Waals surface area (Å²) in [6, 6.07) is 4.67. The molecule has 0 saturated heterocycles. The standard InChI is InChI=1S/C8H8N4O/c9-7-2-1-6(13)5-8(7)12-4-3-10-11-12/h1-5,13H,9H2. The Morgan fingerprint density at radius 1 is 1.38 bits per heavy atom. The van der Waals surface area contributed by atoms with Gasteiger partial charge in [-0.05, 0) is 12.1 Å². The largest absolute Gasteiger partial charge is 0.508 e. The molecule has 0 aliphatic carbocycles. The molecule has 0 saturated carbocycles. The highest BCUT2D eigenvalue weighted by atomic mass is 16.3. The zero-order chi connectivity index (χ0) is 9.26. The van der Waals surface area contributed by atoms with Crippen LogP contribution in [0.1, 0.15) is 0 Å². The van der Waals surface area contributed by atoms with Crippen LogP contribution in [0.25, 0.3) is 5.69 Å². The topological polar surface area (TPSA) is 77.0 Å². The van der Waals surface area contributed by atoms with Gasteiger partial charge in [-0.15, -0.1) is 5.10 Å². The van der Waals surface area contributed by atoms with Gasteiger partial charge in [0.15, 0.2) is 0 Å². The van der Waals surface area contributed by atoms with E-state index >= 15 is 0 Å². The molecule has 1 aromatic heterocycles. The molecule has 66 valence electrons. The Morgan fingerprint density at radius 2 is 2.23 bits per heavy atom. The molecule has 0 bridgehead atoms. The number of anilines is 1. The fraction of sp³-hybridized carbons (Fsp3) is 0. The first-order valence-corrected chi connectivity index (χ1v) is 3.72. The second kappa shape index (κ2) is 2.78. The third kappa shape index (κ3) is 1.31. The number of hydrogen-bond acceptors (Lipinski definition) is 4. The first-order chi connectivity index (χ1) is 6.27. The van der Waals surface area contributed by atoms with Gasteiger partial charge in [0.1, 0.15) is 5.75 Å². The fourth-order valence-corrected chi connectivity index (χ4v) is 1.07. The number of rotatable bonds is 1. The number of benzene rings is 1. The molecule has 5 nitrogen and oxygen atoms in total. The molecule has 0 atom stereocenters. The Labute approximate surface area is 74.4 Å². The summed E-state index contributed by atoms with van der Waals surface area (Å²) in [4.78, 5) is 0. The number of nitrogens with zero attached hydrogens (tertiary/aromatic N) is 3. The van der Waals surface area contributed by atoms with Gasteiger partial charge in [-0.2, -0.15) is 0 Å². The van der Waals surface area contributed by atoms with Crippen molar-refractivity contribution >= 4 is 5.69 Å². The van der Waals surface area contributed by atoms with Crippen molar-refractivity contribution in [3.8, 4) is 11.4 Å². The first kappa shape index (κ1) is 7.60. The lowest BCUT2D eigenvalue weighted by molar-refractivity contribution is 0.475. The van der Waals surface area contributed by atoms with Crippen LogP contribution in [0.4, 0.5) is 5.69 Å². The number of aromatic hydroxyl groups is 1. The van der Waals surface area contributed by atoms with E-state index in [9.17, 15) is 5.11 Å². The summed E-state index contributed by atoms with van der Waals surface area (Å²) in [5.41, 5.74) is 6.85. The molecule has 3 N–H and O–H groups in total. The third-order valence-electron chi connectivity index (χ3n) is 1.68. The summed E-state index contributed by atoms with van der Waals surface area (Å²) in [6.07, 6.45) is 3.20. The minimum absolute atomic E-state index is 0.153. The lowest BCUT2D eigenvalue weighted by atomic mass is 10.2. The predicted octanol–water partition coefficient (Wildman–Crippen LogP) is 0.555. The maximum Gasteiger partial charge on any atom is 0.117 e. The molecular weight excluding hydrogens is 168 g/mol. The minimum Gasteiger partial charge on any atom is -0.508 e. The van der Waals surface area contributed by atoms with E-state index in [-0.39, 0.29) is 5.75 Å². The molecule has 0 spiro atoms. The Bertz CT molecular complexity index is 410. The Kier molecular flexibility index (Phi) is 1.63. The highest BCUT2D eigenvalue weighted by Crippen LogP contribution is 2.20. The SMILES string of the molecule is Nc1ccc(O)cc1-n1ccnn1. The van der Waals surface area contributed by atoms with Crippen molar-refractivity contribution < 1.29 is 5.11 Å². The van der Waals surface area contributed by atoms with Gasteiger partial charge in [-0.1, -0.05) is 5.21 Å². The summed E-state index contributed by atoms with van der Waals surface area (Å²) in [7, 11) is 0. The van der Waals surface area contributed by atoms with Crippen molar-refractivity contribution in [1.82, 2.24) is 15.0 Å². The number of hydrogen-bond donors (Lipinski definition) is 2. The summed E-state index contributed by atoms with van der Waals surface area (Å²) in [5.74, 6) is 0.153. The zero-order valence-electron chi connectivity index (χ0n) is 6.75. The first-order valence-electron chi connectivity index (χ1n) is 3.72. The molecule has 0 unspecified atom stereocenters. The monoisotopic (exact) mass is 176 g/mol. The van der Waals surface area contributed by atoms with Crippen LogP contribution in [-0.4, -0.2) is 20.1 Å². The van der Waals surface area contributed by atoms with Crippen LogP contribution in [0.5, 0.6) is 5.75 Å². The highest BCUT2D eigenvalue weighted by Gasteiger charge is 2.02. The molecule has 1 aromatic carbocycles. The number of aromatic nitrogens is 3. The van der Waals surface area contributed by atoms with Gasteiger partial charge in [-0.25, -0.2) is 4.68 Å². The van der Waals surface area contributed by atoms with Gasteiger partial charge < -0.3 is 10.8 Å². The van der Waals surface area contributed by atoms with Crippen molar-refractivity contribution in [1.29, 1.82) is 0 Å². The molecule has 2 aromatic rings. The Morgan fingerprint density at radius 3 is 2.92 bits per heavy atom. The van der Waals surface area contributed by atoms with Crippen molar-refractivity contribution in [2.24, 2.45) is 0 Å². The molecule has 0 radical (unpaired) electrons. The lowest BCUT2D eigenvalue weighted by Gasteiger charge is -2.04. The van der Waals surface area contributed by atoms with Gasteiger partial charge >= 0.3 is 0 Å². The highest BCUT2D eigenvalue weighted by molar-refractivity contribution is 5.59. The Balaban J connectivity index is 2.57. The average molecular weight is 176 g/mol. The maximum absolute atomic E-state index is 9.22. The van der Waals surface area contributed by atoms with Gasteiger partial charge in [0.05, 0.1) is 23.8 Å². The number of phenolic OH excluding ortho intramolecular Hbond substituents is 1. The van der Waals surface area contributed by atoms with E-state index in [1.807, 2.05) is 0 Å². The van der Waals surface area contributed by atoms with Crippen LogP contribution in [0.2, 0.25) is 0 Å². The zero-order valence-corrected chi connectivity index (χ0v) is 6.75. The second-order valence-electron chi connectivity index (χ2n) is 2.59. The quantitative estimate of drug-likeness (QED) is 0.491. The van der Waals surface area contributed by atoms with E-state index in [0.717, 1.165) is 0 Å². The number of phenols is 1. The fourth-order valence-electron chi connectivity index (χ4n) is 1.07. The van der Waals surface area contributed by atoms with Gasteiger partial charge in [-0.3, -0.25) is 0 Å². The van der Waals surface area contributed by atoms with E-state index < -0.39 is 0 Å². The molecule has 0 aliphatic heterocycles. The van der Waals surface area contributed by atoms with Crippen molar-refractivity contribution in [2.75, 3.05) is 5.73 Å². The molecule has 2 rings (SSSR count). The normalized spacial score (nSPS) is 10.2. The van der Waals surface area contributed by atoms with Gasteiger partial charge in [0.2, 0.25) is 0 Å². The van der Waals surface area contributed by atoms with Crippen LogP contribution in [0, 0.1) is 0 Å². The smallest absolute Gasteiger partial charge is 0.117 e. The Hall–Kier alpha value is -2.04. The molecule has 5 heteroatoms. The van der Waals surface area contributed by atoms with E-state index in [1.165, 1.54) is 16.8 Å². The summed E-state index contributed by atoms with van der Waals surface area (Å²) in [6.45, 7) is 0. The van der Waals surface area contributed by atoms with E-state index in [4.69, 9.17) is 5.73 Å². The molecule has 0 amide bonds. The number of nitrogens with two attached hydrogens (primary N) is 1. The minimum atomic E-state index is 0.153. The van der Waals surface area contributed by atoms with E-state index in [1.54, 1.807) is 18.5 Å². The molecule has 0 fully saturated rings. The van der Waals surface area contributed by atoms with Crippen LogP contribution in [0.3, 0.4) is 0 Å². The third-order valence-corrected chi connectivity index (χ3v) is 1.68. The summed E-state index contributed by atoms with van der Waals surface area (Å²) < 4.78 is 1.50. The van der Waals surface area contributed by atoms with Gasteiger partial charge in [0.25, 0.3) is 0 Å². The van der Waals surface area contributed by atoms with Crippen LogP contribution in [0.15, 0.2) is 30.6 Å². The lowest BCUT2D eigenvalue weighted by Crippen LogP contribution is -1.99. The summed E-state index contributed by atoms with van der Waals surface area (Å²) in [5, 5.41) is 16.6. The van der Waals surface area contributed by atoms with Crippen molar-refractivity contribution in [2.45, 2.75) is 0 Å². The second-order valence-corrected chi connectivity index (χ2v) is 2.59. The number of nitrogen functional groups attached to an aromatic ring is 1. The van der Waals surface area contributed by atoms with Crippen molar-refractivity contribution in [3.05, 3.63) is 30.6 Å². The predicted molar refractivity (Wildman–Crippen MR) is 47.4 cm³/mol. The summed E-state index contributed by atoms with van der Waals surface area (Å²) >= 11 is 0. The van der Waals surface area contributed by atoms with E-state index in [0.29, 0.717) is 11.4 Å². The molecule has 13 heavy (non-hydrogen) atoms. The molecular formula is C8H8N4O. The van der Waals surface area contributed by atoms with E-state index in [2.05, 4.69) is 10.3 Å². The van der Waals surface area contributed by atoms with Crippen LogP contribution < -0.4 is 5.73 Å². The van der Waals surface area contributed by atoms with Crippen molar-refractivity contribution in [3.63, 3.8) is 0 Å². The van der Waals surface area contributed by atoms with Crippen LogP contribution >= 0.6 is 0 Å². The van der Waals surface area contributed by atoms with Crippen LogP contribution in [-0.2, 0) is 0 Å².